The summed E-state index contributed by atoms with van der Waals surface area (Å²) in [5, 5.41) is 39.6. The highest BCUT2D eigenvalue weighted by atomic mass is 16.7. The maximum atomic E-state index is 13.2. The van der Waals surface area contributed by atoms with E-state index in [1.54, 1.807) is 18.2 Å². The van der Waals surface area contributed by atoms with Gasteiger partial charge in [-0.25, -0.2) is 0 Å². The van der Waals surface area contributed by atoms with Gasteiger partial charge >= 0.3 is 0 Å². The fourth-order valence-corrected chi connectivity index (χ4v) is 4.01. The molecule has 10 nitrogen and oxygen atoms in total. The third kappa shape index (κ3) is 4.10. The van der Waals surface area contributed by atoms with Gasteiger partial charge in [-0.15, -0.1) is 0 Å². The Morgan fingerprint density at radius 3 is 2.53 bits per heavy atom. The average molecular weight is 472 g/mol. The van der Waals surface area contributed by atoms with Crippen LogP contribution in [0.4, 0.5) is 0 Å². The van der Waals surface area contributed by atoms with E-state index < -0.39 is 37.3 Å². The van der Waals surface area contributed by atoms with Gasteiger partial charge in [-0.2, -0.15) is 0 Å². The van der Waals surface area contributed by atoms with Crippen LogP contribution in [0.25, 0.3) is 22.1 Å². The Balaban J connectivity index is 1.42. The van der Waals surface area contributed by atoms with Gasteiger partial charge in [-0.1, -0.05) is 6.07 Å². The molecule has 0 spiro atoms. The number of benzene rings is 2. The van der Waals surface area contributed by atoms with Crippen molar-refractivity contribution >= 4 is 11.0 Å². The van der Waals surface area contributed by atoms with Crippen LogP contribution in [-0.4, -0.2) is 71.0 Å². The summed E-state index contributed by atoms with van der Waals surface area (Å²) in [6, 6.07) is 9.75. The fourth-order valence-electron chi connectivity index (χ4n) is 4.01. The highest BCUT2D eigenvalue weighted by Crippen LogP contribution is 2.34. The van der Waals surface area contributed by atoms with E-state index in [0.717, 1.165) is 6.42 Å². The van der Waals surface area contributed by atoms with E-state index in [4.69, 9.17) is 23.4 Å². The molecule has 3 heterocycles. The van der Waals surface area contributed by atoms with Gasteiger partial charge in [0.2, 0.25) is 6.29 Å². The molecule has 1 aromatic heterocycles. The minimum atomic E-state index is -1.56. The number of aliphatic hydroxyl groups excluding tert-OH is 4. The molecule has 34 heavy (non-hydrogen) atoms. The Hall–Kier alpha value is -3.15. The summed E-state index contributed by atoms with van der Waals surface area (Å²) in [4.78, 5) is 13.2. The number of fused-ring (bicyclic) bond motifs is 2. The van der Waals surface area contributed by atoms with Crippen LogP contribution < -0.4 is 19.6 Å². The van der Waals surface area contributed by atoms with Crippen LogP contribution in [-0.2, 0) is 4.74 Å². The Kier molecular flexibility index (Phi) is 6.15. The van der Waals surface area contributed by atoms with E-state index in [1.807, 2.05) is 0 Å². The number of aliphatic hydroxyl groups is 4. The minimum Gasteiger partial charge on any atom is -0.490 e. The summed E-state index contributed by atoms with van der Waals surface area (Å²) in [5.74, 6) is 1.39. The van der Waals surface area contributed by atoms with E-state index in [2.05, 4.69) is 0 Å². The number of ether oxygens (including phenoxy) is 4. The molecule has 4 N–H and O–H groups in total. The topological polar surface area (TPSA) is 148 Å². The third-order valence-corrected chi connectivity index (χ3v) is 5.91. The second kappa shape index (κ2) is 9.24. The van der Waals surface area contributed by atoms with Gasteiger partial charge in [0.05, 0.1) is 30.8 Å². The molecule has 2 aliphatic rings. The second-order valence-corrected chi connectivity index (χ2v) is 8.16. The van der Waals surface area contributed by atoms with Crippen molar-refractivity contribution in [3.8, 4) is 28.4 Å². The normalized spacial score (nSPS) is 26.8. The van der Waals surface area contributed by atoms with Crippen molar-refractivity contribution in [3.05, 3.63) is 52.9 Å². The molecule has 0 unspecified atom stereocenters. The second-order valence-electron chi connectivity index (χ2n) is 8.16. The van der Waals surface area contributed by atoms with Crippen LogP contribution >= 0.6 is 0 Å². The first-order valence-corrected chi connectivity index (χ1v) is 10.9. The van der Waals surface area contributed by atoms with Crippen LogP contribution in [0.1, 0.15) is 6.42 Å². The maximum absolute atomic E-state index is 13.2. The molecule has 0 saturated carbocycles. The van der Waals surface area contributed by atoms with Gasteiger partial charge in [0.25, 0.3) is 0 Å². The van der Waals surface area contributed by atoms with Gasteiger partial charge in [0.1, 0.15) is 42.0 Å². The molecule has 180 valence electrons. The molecular weight excluding hydrogens is 448 g/mol. The summed E-state index contributed by atoms with van der Waals surface area (Å²) in [6.07, 6.45) is -4.93. The number of hydrogen-bond donors (Lipinski definition) is 4. The van der Waals surface area contributed by atoms with E-state index in [-0.39, 0.29) is 16.8 Å². The molecule has 5 rings (SSSR count). The minimum absolute atomic E-state index is 0.198. The summed E-state index contributed by atoms with van der Waals surface area (Å²) >= 11 is 0. The fraction of sp³-hybridized carbons (Fsp3) is 0.375. The Bertz CT molecular complexity index is 1240. The van der Waals surface area contributed by atoms with Gasteiger partial charge in [-0.3, -0.25) is 4.79 Å². The summed E-state index contributed by atoms with van der Waals surface area (Å²) < 4.78 is 28.0. The first kappa shape index (κ1) is 22.6. The monoisotopic (exact) mass is 472 g/mol. The third-order valence-electron chi connectivity index (χ3n) is 5.91. The summed E-state index contributed by atoms with van der Waals surface area (Å²) in [5.41, 5.74) is 0.965. The van der Waals surface area contributed by atoms with Gasteiger partial charge < -0.3 is 43.8 Å². The number of rotatable bonds is 4. The summed E-state index contributed by atoms with van der Waals surface area (Å²) in [7, 11) is 0. The highest BCUT2D eigenvalue weighted by Gasteiger charge is 2.44. The van der Waals surface area contributed by atoms with Crippen molar-refractivity contribution in [1.29, 1.82) is 0 Å². The molecule has 0 radical (unpaired) electrons. The van der Waals surface area contributed by atoms with E-state index in [0.29, 0.717) is 41.2 Å². The molecule has 0 aliphatic carbocycles. The van der Waals surface area contributed by atoms with E-state index in [1.165, 1.54) is 24.5 Å². The van der Waals surface area contributed by atoms with Crippen LogP contribution in [0, 0.1) is 0 Å². The molecule has 2 aliphatic heterocycles. The maximum Gasteiger partial charge on any atom is 0.229 e. The first-order chi connectivity index (χ1) is 16.5. The van der Waals surface area contributed by atoms with Gasteiger partial charge in [0.15, 0.2) is 16.9 Å². The lowest BCUT2D eigenvalue weighted by Gasteiger charge is -2.39. The van der Waals surface area contributed by atoms with Crippen LogP contribution in [0.15, 0.2) is 51.9 Å². The van der Waals surface area contributed by atoms with Crippen molar-refractivity contribution in [2.45, 2.75) is 37.1 Å². The lowest BCUT2D eigenvalue weighted by Crippen LogP contribution is -2.60. The van der Waals surface area contributed by atoms with Crippen molar-refractivity contribution in [2.75, 3.05) is 19.8 Å². The molecule has 0 amide bonds. The lowest BCUT2D eigenvalue weighted by atomic mass is 9.99. The van der Waals surface area contributed by atoms with Crippen LogP contribution in [0.2, 0.25) is 0 Å². The molecule has 1 saturated heterocycles. The molecule has 3 aromatic rings. The predicted octanol–water partition coefficient (Wildman–Crippen LogP) is 0.800. The predicted molar refractivity (Wildman–Crippen MR) is 118 cm³/mol. The SMILES string of the molecule is O=c1c(-c2ccc3c(c2)OCCCO3)coc2cc(O[C@H]3O[C@@H](CO)[C@@H](O)[C@H](O)[C@H]3O)ccc12. The average Bonchev–Trinajstić information content (AvgIpc) is 3.09. The van der Waals surface area contributed by atoms with E-state index >= 15 is 0 Å². The Morgan fingerprint density at radius 1 is 0.941 bits per heavy atom. The zero-order chi connectivity index (χ0) is 23.8. The van der Waals surface area contributed by atoms with Crippen molar-refractivity contribution in [3.63, 3.8) is 0 Å². The van der Waals surface area contributed by atoms with Gasteiger partial charge in [-0.05, 0) is 29.8 Å². The molecule has 5 atom stereocenters. The molecular formula is C24H24O10. The van der Waals surface area contributed by atoms with E-state index in [9.17, 15) is 25.2 Å². The standard InChI is InChI=1S/C24H24O10/c25-10-19-21(27)22(28)23(29)24(34-19)33-13-3-4-14-17(9-13)32-11-15(20(14)26)12-2-5-16-18(8-12)31-7-1-6-30-16/h2-5,8-9,11,19,21-25,27-29H,1,6-7,10H2/t19-,21+,22-,23+,24-/m0/s1. The van der Waals surface area contributed by atoms with Crippen molar-refractivity contribution in [1.82, 2.24) is 0 Å². The van der Waals surface area contributed by atoms with Crippen molar-refractivity contribution < 1.29 is 43.8 Å². The first-order valence-electron chi connectivity index (χ1n) is 10.9. The van der Waals surface area contributed by atoms with Gasteiger partial charge in [0, 0.05) is 12.5 Å². The van der Waals surface area contributed by atoms with Crippen LogP contribution in [0.3, 0.4) is 0 Å². The molecule has 1 fully saturated rings. The smallest absolute Gasteiger partial charge is 0.229 e. The largest absolute Gasteiger partial charge is 0.490 e. The lowest BCUT2D eigenvalue weighted by molar-refractivity contribution is -0.277. The zero-order valence-corrected chi connectivity index (χ0v) is 18.0. The number of hydrogen-bond acceptors (Lipinski definition) is 10. The zero-order valence-electron chi connectivity index (χ0n) is 18.0. The quantitative estimate of drug-likeness (QED) is 0.430. The van der Waals surface area contributed by atoms with Crippen LogP contribution in [0.5, 0.6) is 17.2 Å². The summed E-state index contributed by atoms with van der Waals surface area (Å²) in [6.45, 7) is 0.526. The molecule has 10 heteroatoms. The van der Waals surface area contributed by atoms with Crippen molar-refractivity contribution in [2.24, 2.45) is 0 Å². The highest BCUT2D eigenvalue weighted by molar-refractivity contribution is 5.83. The Morgan fingerprint density at radius 2 is 1.74 bits per heavy atom. The molecule has 2 aromatic carbocycles. The Labute approximate surface area is 193 Å². The molecule has 0 bridgehead atoms.